The third kappa shape index (κ3) is 6.77. The van der Waals surface area contributed by atoms with Crippen LogP contribution < -0.4 is 44.7 Å². The monoisotopic (exact) mass is 609 g/mol. The van der Waals surface area contributed by atoms with Crippen LogP contribution in [0.4, 0.5) is 17.1 Å². The molecular weight excluding hydrogens is 588 g/mol. The third-order valence-electron chi connectivity index (χ3n) is 5.76. The average molecular weight is 610 g/mol. The maximum atomic E-state index is 13.5. The Labute approximate surface area is 263 Å². The Kier molecular flexibility index (Phi) is 10.6. The van der Waals surface area contributed by atoms with Gasteiger partial charge >= 0.3 is 29.6 Å². The summed E-state index contributed by atoms with van der Waals surface area (Å²) in [5.74, 6) is -1.17. The first-order valence-corrected chi connectivity index (χ1v) is 13.9. The Balaban J connectivity index is 0.00000441. The minimum Gasteiger partial charge on any atom is -0.870 e. The van der Waals surface area contributed by atoms with E-state index in [0.717, 1.165) is 6.07 Å². The van der Waals surface area contributed by atoms with Gasteiger partial charge in [-0.25, -0.2) is 0 Å². The zero-order valence-corrected chi connectivity index (χ0v) is 26.1. The van der Waals surface area contributed by atoms with Crippen molar-refractivity contribution in [2.45, 2.75) is 25.2 Å². The van der Waals surface area contributed by atoms with E-state index in [1.54, 1.807) is 56.3 Å². The van der Waals surface area contributed by atoms with Crippen molar-refractivity contribution in [2.75, 3.05) is 11.9 Å². The Morgan fingerprint density at radius 1 is 1.05 bits per heavy atom. The number of para-hydroxylation sites is 1. The zero-order chi connectivity index (χ0) is 28.3. The number of benzene rings is 4. The number of azo groups is 1. The number of halogens is 2. The molecule has 4 rings (SSSR count). The van der Waals surface area contributed by atoms with E-state index < -0.39 is 26.7 Å². The fraction of sp³-hybridized carbons (Fsp3) is 0.148. The number of ether oxygens (including phenoxy) is 1. The Morgan fingerprint density at radius 3 is 2.45 bits per heavy atom. The van der Waals surface area contributed by atoms with E-state index in [9.17, 15) is 22.9 Å². The molecule has 0 spiro atoms. The van der Waals surface area contributed by atoms with Crippen molar-refractivity contribution < 1.29 is 57.2 Å². The van der Waals surface area contributed by atoms with Crippen LogP contribution in [0.3, 0.4) is 0 Å². The predicted octanol–water partition coefficient (Wildman–Crippen LogP) is 4.10. The summed E-state index contributed by atoms with van der Waals surface area (Å²) in [6, 6.07) is 15.4. The number of hydrogen-bond donors (Lipinski definition) is 2. The summed E-state index contributed by atoms with van der Waals surface area (Å²) < 4.78 is 38.6. The number of nitrogens with one attached hydrogen (secondary N) is 1. The third-order valence-corrected chi connectivity index (χ3v) is 7.33. The van der Waals surface area contributed by atoms with E-state index in [1.165, 1.54) is 12.1 Å². The molecule has 0 aliphatic carbocycles. The Bertz CT molecular complexity index is 1730. The largest absolute Gasteiger partial charge is 1.00 e. The van der Waals surface area contributed by atoms with Crippen molar-refractivity contribution in [1.29, 1.82) is 0 Å². The van der Waals surface area contributed by atoms with Gasteiger partial charge in [0.25, 0.3) is 16.0 Å². The maximum Gasteiger partial charge on any atom is 1.00 e. The van der Waals surface area contributed by atoms with Gasteiger partial charge in [-0.05, 0) is 54.6 Å². The van der Waals surface area contributed by atoms with Gasteiger partial charge in [0.1, 0.15) is 5.69 Å². The minimum absolute atomic E-state index is 0. The standard InChI is InChI=1S/C27H23Cl2N3O6S.Na/c1-3-15-12-17(39(35,36)37)14-22(23(15)29)31-32-24-18-9-6-5-8-16(18)13-19(25(24)33)27(34)30-21-11-7-10-20(28)26(21)38-4-2;/h5-14,33H,3-4H2,1-2H3,(H,30,34)(H,35,36,37);/q;+1/p-1. The van der Waals surface area contributed by atoms with E-state index in [1.807, 2.05) is 0 Å². The molecule has 2 N–H and O–H groups in total. The second-order valence-electron chi connectivity index (χ2n) is 8.27. The van der Waals surface area contributed by atoms with Gasteiger partial charge in [0, 0.05) is 10.9 Å². The first-order valence-electron chi connectivity index (χ1n) is 11.7. The van der Waals surface area contributed by atoms with Crippen LogP contribution in [-0.2, 0) is 16.5 Å². The van der Waals surface area contributed by atoms with Crippen molar-refractivity contribution in [2.24, 2.45) is 10.2 Å². The summed E-state index contributed by atoms with van der Waals surface area (Å²) in [6.07, 6.45) is 0.351. The van der Waals surface area contributed by atoms with Gasteiger partial charge < -0.3 is 15.2 Å². The first kappa shape index (κ1) is 31.8. The number of fused-ring (bicyclic) bond motifs is 1. The van der Waals surface area contributed by atoms with E-state index >= 15 is 0 Å². The second kappa shape index (κ2) is 13.3. The quantitative estimate of drug-likeness (QED) is 0.175. The molecule has 0 heterocycles. The van der Waals surface area contributed by atoms with Crippen molar-refractivity contribution in [1.82, 2.24) is 0 Å². The summed E-state index contributed by atoms with van der Waals surface area (Å²) in [7, 11) is -4.55. The van der Waals surface area contributed by atoms with Gasteiger partial charge in [-0.15, -0.1) is 5.11 Å². The van der Waals surface area contributed by atoms with Crippen LogP contribution >= 0.6 is 23.2 Å². The molecule has 0 radical (unpaired) electrons. The molecule has 0 saturated heterocycles. The minimum atomic E-state index is -4.55. The molecule has 0 bridgehead atoms. The summed E-state index contributed by atoms with van der Waals surface area (Å²) in [6.45, 7) is 3.83. The maximum absolute atomic E-state index is 13.5. The molecule has 202 valence electrons. The van der Waals surface area contributed by atoms with Gasteiger partial charge in [-0.3, -0.25) is 9.35 Å². The molecule has 0 fully saturated rings. The number of nitrogens with zero attached hydrogens (tertiary/aromatic N) is 2. The number of rotatable bonds is 8. The molecule has 40 heavy (non-hydrogen) atoms. The second-order valence-corrected chi connectivity index (χ2v) is 10.5. The van der Waals surface area contributed by atoms with E-state index in [2.05, 4.69) is 15.5 Å². The van der Waals surface area contributed by atoms with Gasteiger partial charge in [0.15, 0.2) is 5.75 Å². The number of carbonyl (C=O) groups excluding carboxylic acids is 1. The van der Waals surface area contributed by atoms with Crippen molar-refractivity contribution in [3.8, 4) is 11.5 Å². The van der Waals surface area contributed by atoms with Crippen LogP contribution in [-0.4, -0.2) is 25.5 Å². The molecule has 0 aliphatic heterocycles. The van der Waals surface area contributed by atoms with E-state index in [0.29, 0.717) is 34.4 Å². The van der Waals surface area contributed by atoms with Crippen LogP contribution in [0.5, 0.6) is 11.5 Å². The molecular formula is C27H22Cl2N3NaO6S. The SMILES string of the molecule is CCOc1c(Cl)cccc1NC(=O)c1cc2ccccc2c(N=Nc2cc(S(=O)(=O)O)cc(CC)c2Cl)c1[O-].[Na+]. The fourth-order valence-electron chi connectivity index (χ4n) is 3.89. The summed E-state index contributed by atoms with van der Waals surface area (Å²) in [5, 5.41) is 25.7. The number of anilines is 1. The summed E-state index contributed by atoms with van der Waals surface area (Å²) in [4.78, 5) is 12.9. The molecule has 0 aromatic heterocycles. The Morgan fingerprint density at radius 2 is 1.77 bits per heavy atom. The van der Waals surface area contributed by atoms with Crippen LogP contribution in [0.2, 0.25) is 10.0 Å². The van der Waals surface area contributed by atoms with Gasteiger partial charge in [-0.1, -0.05) is 66.2 Å². The topological polar surface area (TPSA) is 140 Å². The molecule has 1 amide bonds. The molecule has 0 atom stereocenters. The van der Waals surface area contributed by atoms with Crippen molar-refractivity contribution in [3.63, 3.8) is 0 Å². The molecule has 0 aliphatic rings. The summed E-state index contributed by atoms with van der Waals surface area (Å²) >= 11 is 12.6. The van der Waals surface area contributed by atoms with Crippen LogP contribution in [0.25, 0.3) is 10.8 Å². The zero-order valence-electron chi connectivity index (χ0n) is 21.7. The first-order chi connectivity index (χ1) is 18.5. The molecule has 4 aromatic rings. The Hall–Kier alpha value is -2.70. The van der Waals surface area contributed by atoms with Crippen molar-refractivity contribution in [3.05, 3.63) is 81.8 Å². The number of carbonyl (C=O) groups is 1. The molecule has 0 unspecified atom stereocenters. The van der Waals surface area contributed by atoms with Gasteiger partial charge in [-0.2, -0.15) is 13.5 Å². The summed E-state index contributed by atoms with van der Waals surface area (Å²) in [5.41, 5.74) is 0.263. The fourth-order valence-corrected chi connectivity index (χ4v) is 4.95. The number of amides is 1. The molecule has 4 aromatic carbocycles. The predicted molar refractivity (Wildman–Crippen MR) is 149 cm³/mol. The smallest absolute Gasteiger partial charge is 0.870 e. The normalized spacial score (nSPS) is 11.4. The van der Waals surface area contributed by atoms with E-state index in [4.69, 9.17) is 27.9 Å². The van der Waals surface area contributed by atoms with E-state index in [-0.39, 0.29) is 63.0 Å². The van der Waals surface area contributed by atoms with Crippen LogP contribution in [0, 0.1) is 0 Å². The molecule has 13 heteroatoms. The number of hydrogen-bond acceptors (Lipinski definition) is 7. The number of aryl methyl sites for hydroxylation is 1. The average Bonchev–Trinajstić information content (AvgIpc) is 2.90. The van der Waals surface area contributed by atoms with Crippen LogP contribution in [0.1, 0.15) is 29.8 Å². The van der Waals surface area contributed by atoms with Gasteiger partial charge in [0.05, 0.1) is 32.9 Å². The molecule has 0 saturated carbocycles. The molecule has 9 nitrogen and oxygen atoms in total. The van der Waals surface area contributed by atoms with Crippen LogP contribution in [0.15, 0.2) is 75.8 Å². The van der Waals surface area contributed by atoms with Gasteiger partial charge in [0.2, 0.25) is 0 Å². The van der Waals surface area contributed by atoms with Crippen molar-refractivity contribution >= 4 is 67.1 Å².